The van der Waals surface area contributed by atoms with E-state index in [0.717, 1.165) is 30.8 Å². The average molecular weight is 412 g/mol. The zero-order chi connectivity index (χ0) is 19.6. The minimum Gasteiger partial charge on any atom is -0.366 e. The van der Waals surface area contributed by atoms with Gasteiger partial charge in [0.25, 0.3) is 0 Å². The Kier molecular flexibility index (Phi) is 7.12. The van der Waals surface area contributed by atoms with E-state index < -0.39 is 17.5 Å². The van der Waals surface area contributed by atoms with E-state index in [1.54, 1.807) is 6.20 Å². The monoisotopic (exact) mass is 411 g/mol. The molecule has 3 N–H and O–H groups in total. The van der Waals surface area contributed by atoms with Crippen LogP contribution in [0.2, 0.25) is 0 Å². The van der Waals surface area contributed by atoms with Crippen molar-refractivity contribution < 1.29 is 13.6 Å². The van der Waals surface area contributed by atoms with E-state index in [0.29, 0.717) is 18.8 Å². The summed E-state index contributed by atoms with van der Waals surface area (Å²) in [6.07, 6.45) is 4.54. The van der Waals surface area contributed by atoms with Gasteiger partial charge in [0.2, 0.25) is 11.9 Å². The maximum absolute atomic E-state index is 14.3. The van der Waals surface area contributed by atoms with Gasteiger partial charge in [0.05, 0.1) is 0 Å². The zero-order valence-corrected chi connectivity index (χ0v) is 16.6. The van der Waals surface area contributed by atoms with Crippen LogP contribution in [0.25, 0.3) is 0 Å². The van der Waals surface area contributed by atoms with Crippen LogP contribution in [-0.4, -0.2) is 36.0 Å². The number of nitrogens with one attached hydrogen (secondary N) is 1. The molecule has 28 heavy (non-hydrogen) atoms. The molecule has 1 fully saturated rings. The average Bonchev–Trinajstić information content (AvgIpc) is 2.62. The molecule has 1 saturated carbocycles. The summed E-state index contributed by atoms with van der Waals surface area (Å²) in [6, 6.07) is 3.81. The van der Waals surface area contributed by atoms with Gasteiger partial charge in [-0.2, -0.15) is 4.98 Å². The molecule has 1 aliphatic rings. The summed E-state index contributed by atoms with van der Waals surface area (Å²) in [7, 11) is 3.82. The Bertz CT molecular complexity index is 841. The SMILES string of the molecule is CN(C)c1ccnc(NC2CCC(c3c(F)cc(F)cc3C(N)=O)CC2)n1.Cl. The molecule has 0 bridgehead atoms. The molecular formula is C19H24ClF2N5O. The fraction of sp³-hybridized carbons (Fsp3) is 0.421. The second-order valence-electron chi connectivity index (χ2n) is 7.04. The highest BCUT2D eigenvalue weighted by molar-refractivity contribution is 5.94. The minimum atomic E-state index is -0.808. The standard InChI is InChI=1S/C19H23F2N5O.ClH/c1-26(2)16-7-8-23-19(25-16)24-13-5-3-11(4-6-13)17-14(18(22)27)9-12(20)10-15(17)21;/h7-11,13H,3-6H2,1-2H3,(H2,22,27)(H,23,24,25);1H. The third-order valence-electron chi connectivity index (χ3n) is 4.93. The lowest BCUT2D eigenvalue weighted by Crippen LogP contribution is -2.28. The molecule has 1 aliphatic carbocycles. The topological polar surface area (TPSA) is 84.1 Å². The van der Waals surface area contributed by atoms with Gasteiger partial charge >= 0.3 is 0 Å². The maximum atomic E-state index is 14.3. The number of primary amides is 1. The molecule has 0 radical (unpaired) electrons. The van der Waals surface area contributed by atoms with Gasteiger partial charge in [-0.1, -0.05) is 0 Å². The van der Waals surface area contributed by atoms with Gasteiger partial charge < -0.3 is 16.0 Å². The van der Waals surface area contributed by atoms with E-state index in [1.807, 2.05) is 25.1 Å². The van der Waals surface area contributed by atoms with Crippen molar-refractivity contribution in [1.82, 2.24) is 9.97 Å². The molecule has 1 amide bonds. The molecular weight excluding hydrogens is 388 g/mol. The second-order valence-corrected chi connectivity index (χ2v) is 7.04. The fourth-order valence-electron chi connectivity index (χ4n) is 3.58. The first-order valence-electron chi connectivity index (χ1n) is 8.90. The van der Waals surface area contributed by atoms with Gasteiger partial charge in [-0.25, -0.2) is 13.8 Å². The summed E-state index contributed by atoms with van der Waals surface area (Å²) in [5, 5.41) is 3.31. The van der Waals surface area contributed by atoms with Gasteiger partial charge in [0.1, 0.15) is 17.5 Å². The normalized spacial score (nSPS) is 18.9. The Morgan fingerprint density at radius 2 is 1.89 bits per heavy atom. The maximum Gasteiger partial charge on any atom is 0.249 e. The lowest BCUT2D eigenvalue weighted by atomic mass is 9.79. The second kappa shape index (κ2) is 9.14. The van der Waals surface area contributed by atoms with Crippen LogP contribution in [-0.2, 0) is 0 Å². The van der Waals surface area contributed by atoms with E-state index >= 15 is 0 Å². The molecule has 1 aromatic carbocycles. The fourth-order valence-corrected chi connectivity index (χ4v) is 3.58. The molecule has 0 saturated heterocycles. The Balaban J connectivity index is 0.00000280. The smallest absolute Gasteiger partial charge is 0.249 e. The van der Waals surface area contributed by atoms with Crippen molar-refractivity contribution in [2.24, 2.45) is 5.73 Å². The Morgan fingerprint density at radius 1 is 1.21 bits per heavy atom. The lowest BCUT2D eigenvalue weighted by molar-refractivity contribution is 0.0997. The first-order valence-corrected chi connectivity index (χ1v) is 8.90. The zero-order valence-electron chi connectivity index (χ0n) is 15.8. The number of hydrogen-bond acceptors (Lipinski definition) is 5. The van der Waals surface area contributed by atoms with Gasteiger partial charge in [-0.3, -0.25) is 4.79 Å². The van der Waals surface area contributed by atoms with Crippen LogP contribution in [0.1, 0.15) is 47.5 Å². The van der Waals surface area contributed by atoms with Crippen LogP contribution >= 0.6 is 12.4 Å². The highest BCUT2D eigenvalue weighted by Gasteiger charge is 2.28. The first-order chi connectivity index (χ1) is 12.8. The number of carbonyl (C=O) groups excluding carboxylic acids is 1. The van der Waals surface area contributed by atoms with E-state index in [-0.39, 0.29) is 35.5 Å². The van der Waals surface area contributed by atoms with Crippen LogP contribution in [0.3, 0.4) is 0 Å². The van der Waals surface area contributed by atoms with Gasteiger partial charge in [-0.05, 0) is 43.7 Å². The van der Waals surface area contributed by atoms with Crippen molar-refractivity contribution >= 4 is 30.1 Å². The third kappa shape index (κ3) is 4.86. The predicted octanol–water partition coefficient (Wildman–Crippen LogP) is 3.48. The number of amides is 1. The van der Waals surface area contributed by atoms with Crippen molar-refractivity contribution in [3.05, 3.63) is 47.2 Å². The largest absolute Gasteiger partial charge is 0.366 e. The number of anilines is 2. The number of carbonyl (C=O) groups is 1. The molecule has 0 atom stereocenters. The van der Waals surface area contributed by atoms with Crippen molar-refractivity contribution in [1.29, 1.82) is 0 Å². The first kappa shape index (κ1) is 21.8. The van der Waals surface area contributed by atoms with Crippen LogP contribution in [0.15, 0.2) is 24.4 Å². The van der Waals surface area contributed by atoms with Crippen LogP contribution in [0.4, 0.5) is 20.5 Å². The van der Waals surface area contributed by atoms with Crippen LogP contribution in [0.5, 0.6) is 0 Å². The number of nitrogens with two attached hydrogens (primary N) is 1. The number of aromatic nitrogens is 2. The van der Waals surface area contributed by atoms with E-state index in [2.05, 4.69) is 15.3 Å². The van der Waals surface area contributed by atoms with Gasteiger partial charge in [-0.15, -0.1) is 12.4 Å². The molecule has 1 heterocycles. The number of benzene rings is 1. The molecule has 152 valence electrons. The van der Waals surface area contributed by atoms with Crippen molar-refractivity contribution in [2.45, 2.75) is 37.6 Å². The van der Waals surface area contributed by atoms with Crippen LogP contribution < -0.4 is 16.0 Å². The molecule has 3 rings (SSSR count). The van der Waals surface area contributed by atoms with Crippen molar-refractivity contribution in [3.8, 4) is 0 Å². The van der Waals surface area contributed by atoms with Crippen molar-refractivity contribution in [3.63, 3.8) is 0 Å². The third-order valence-corrected chi connectivity index (χ3v) is 4.93. The molecule has 0 spiro atoms. The summed E-state index contributed by atoms with van der Waals surface area (Å²) in [4.78, 5) is 22.2. The highest BCUT2D eigenvalue weighted by Crippen LogP contribution is 2.37. The minimum absolute atomic E-state index is 0. The molecule has 6 nitrogen and oxygen atoms in total. The van der Waals surface area contributed by atoms with Crippen LogP contribution in [0, 0.1) is 11.6 Å². The number of halogens is 3. The molecule has 0 unspecified atom stereocenters. The summed E-state index contributed by atoms with van der Waals surface area (Å²) in [6.45, 7) is 0. The lowest BCUT2D eigenvalue weighted by Gasteiger charge is -2.30. The Morgan fingerprint density at radius 3 is 2.50 bits per heavy atom. The van der Waals surface area contributed by atoms with Gasteiger partial charge in [0.15, 0.2) is 0 Å². The van der Waals surface area contributed by atoms with Crippen molar-refractivity contribution in [2.75, 3.05) is 24.3 Å². The number of hydrogen-bond donors (Lipinski definition) is 2. The quantitative estimate of drug-likeness (QED) is 0.786. The summed E-state index contributed by atoms with van der Waals surface area (Å²) < 4.78 is 27.8. The van der Waals surface area contributed by atoms with E-state index in [4.69, 9.17) is 5.73 Å². The van der Waals surface area contributed by atoms with E-state index in [9.17, 15) is 13.6 Å². The number of rotatable bonds is 5. The molecule has 0 aliphatic heterocycles. The Hall–Kier alpha value is -2.48. The molecule has 2 aromatic rings. The predicted molar refractivity (Wildman–Crippen MR) is 107 cm³/mol. The summed E-state index contributed by atoms with van der Waals surface area (Å²) >= 11 is 0. The molecule has 1 aromatic heterocycles. The Labute approximate surface area is 169 Å². The van der Waals surface area contributed by atoms with Gasteiger partial charge in [0, 0.05) is 43.5 Å². The summed E-state index contributed by atoms with van der Waals surface area (Å²) in [5.74, 6) is -1.12. The highest BCUT2D eigenvalue weighted by atomic mass is 35.5. The molecule has 9 heteroatoms. The van der Waals surface area contributed by atoms with E-state index in [1.165, 1.54) is 0 Å². The number of nitrogens with zero attached hydrogens (tertiary/aromatic N) is 3. The summed E-state index contributed by atoms with van der Waals surface area (Å²) in [5.41, 5.74) is 5.49.